The van der Waals surface area contributed by atoms with Crippen molar-refractivity contribution in [1.82, 2.24) is 4.98 Å². The Morgan fingerprint density at radius 1 is 1.24 bits per heavy atom. The monoisotopic (exact) mass is 244 g/mol. The number of hydrogen-bond acceptors (Lipinski definition) is 3. The summed E-state index contributed by atoms with van der Waals surface area (Å²) in [7, 11) is 0. The number of nitrogens with zero attached hydrogens (tertiary/aromatic N) is 1. The van der Waals surface area contributed by atoms with Crippen molar-refractivity contribution in [1.29, 1.82) is 0 Å². The van der Waals surface area contributed by atoms with Crippen molar-refractivity contribution in [2.24, 2.45) is 0 Å². The molecule has 2 N–H and O–H groups in total. The van der Waals surface area contributed by atoms with E-state index in [0.717, 1.165) is 18.0 Å². The molecule has 1 aliphatic rings. The standard InChI is InChI=1S/C14H16N2S/c15-12-6-4-10(5-7-12)8-14-16-13(9-17-14)11-2-1-3-11/h4-7,9,11H,1-3,8,15H2. The van der Waals surface area contributed by atoms with Gasteiger partial charge in [-0.05, 0) is 30.5 Å². The van der Waals surface area contributed by atoms with E-state index in [1.165, 1.54) is 35.5 Å². The molecule has 2 nitrogen and oxygen atoms in total. The quantitative estimate of drug-likeness (QED) is 0.838. The van der Waals surface area contributed by atoms with Crippen molar-refractivity contribution in [2.45, 2.75) is 31.6 Å². The van der Waals surface area contributed by atoms with Crippen LogP contribution in [0, 0.1) is 0 Å². The van der Waals surface area contributed by atoms with E-state index in [0.29, 0.717) is 0 Å². The van der Waals surface area contributed by atoms with Crippen molar-refractivity contribution in [3.63, 3.8) is 0 Å². The molecule has 0 unspecified atom stereocenters. The maximum atomic E-state index is 5.68. The molecule has 0 aliphatic heterocycles. The lowest BCUT2D eigenvalue weighted by atomic mass is 9.83. The molecular formula is C14H16N2S. The van der Waals surface area contributed by atoms with Gasteiger partial charge in [-0.15, -0.1) is 11.3 Å². The molecule has 1 aliphatic carbocycles. The van der Waals surface area contributed by atoms with Crippen molar-refractivity contribution >= 4 is 17.0 Å². The number of thiazole rings is 1. The van der Waals surface area contributed by atoms with Crippen LogP contribution in [-0.2, 0) is 6.42 Å². The highest BCUT2D eigenvalue weighted by Gasteiger charge is 2.21. The van der Waals surface area contributed by atoms with Crippen LogP contribution in [0.15, 0.2) is 29.6 Å². The fourth-order valence-electron chi connectivity index (χ4n) is 2.11. The van der Waals surface area contributed by atoms with E-state index < -0.39 is 0 Å². The first-order valence-electron chi connectivity index (χ1n) is 6.10. The summed E-state index contributed by atoms with van der Waals surface area (Å²) in [6.07, 6.45) is 4.95. The Morgan fingerprint density at radius 2 is 2.00 bits per heavy atom. The van der Waals surface area contributed by atoms with E-state index in [1.807, 2.05) is 12.1 Å². The van der Waals surface area contributed by atoms with Crippen LogP contribution in [0.3, 0.4) is 0 Å². The third-order valence-electron chi connectivity index (χ3n) is 3.43. The van der Waals surface area contributed by atoms with Gasteiger partial charge in [0, 0.05) is 23.4 Å². The van der Waals surface area contributed by atoms with Crippen LogP contribution in [0.4, 0.5) is 5.69 Å². The van der Waals surface area contributed by atoms with Gasteiger partial charge in [-0.1, -0.05) is 18.6 Å². The van der Waals surface area contributed by atoms with Gasteiger partial charge in [0.25, 0.3) is 0 Å². The van der Waals surface area contributed by atoms with Gasteiger partial charge in [-0.3, -0.25) is 0 Å². The number of anilines is 1. The lowest BCUT2D eigenvalue weighted by Gasteiger charge is -2.22. The summed E-state index contributed by atoms with van der Waals surface area (Å²) in [5.74, 6) is 0.742. The van der Waals surface area contributed by atoms with Gasteiger partial charge in [0.2, 0.25) is 0 Å². The van der Waals surface area contributed by atoms with Gasteiger partial charge >= 0.3 is 0 Å². The van der Waals surface area contributed by atoms with Gasteiger partial charge in [-0.2, -0.15) is 0 Å². The highest BCUT2D eigenvalue weighted by atomic mass is 32.1. The SMILES string of the molecule is Nc1ccc(Cc2nc(C3CCC3)cs2)cc1. The zero-order valence-electron chi connectivity index (χ0n) is 9.73. The van der Waals surface area contributed by atoms with E-state index in [-0.39, 0.29) is 0 Å². The summed E-state index contributed by atoms with van der Waals surface area (Å²) >= 11 is 1.78. The number of hydrogen-bond donors (Lipinski definition) is 1. The minimum absolute atomic E-state index is 0.742. The number of nitrogens with two attached hydrogens (primary N) is 1. The summed E-state index contributed by atoms with van der Waals surface area (Å²) < 4.78 is 0. The van der Waals surface area contributed by atoms with Crippen LogP contribution < -0.4 is 5.73 Å². The Morgan fingerprint density at radius 3 is 2.65 bits per heavy atom. The first-order valence-corrected chi connectivity index (χ1v) is 6.98. The third-order valence-corrected chi connectivity index (χ3v) is 4.30. The zero-order chi connectivity index (χ0) is 11.7. The maximum absolute atomic E-state index is 5.68. The smallest absolute Gasteiger partial charge is 0.0972 e. The Hall–Kier alpha value is -1.35. The molecule has 1 heterocycles. The summed E-state index contributed by atoms with van der Waals surface area (Å²) in [5.41, 5.74) is 9.10. The first kappa shape index (κ1) is 10.8. The van der Waals surface area contributed by atoms with Gasteiger partial charge in [0.15, 0.2) is 0 Å². The van der Waals surface area contributed by atoms with Crippen molar-refractivity contribution in [2.75, 3.05) is 5.73 Å². The molecule has 0 spiro atoms. The maximum Gasteiger partial charge on any atom is 0.0972 e. The molecule has 17 heavy (non-hydrogen) atoms. The molecule has 0 radical (unpaired) electrons. The predicted molar refractivity (Wildman–Crippen MR) is 72.4 cm³/mol. The van der Waals surface area contributed by atoms with Crippen LogP contribution in [0.5, 0.6) is 0 Å². The Labute approximate surface area is 106 Å². The molecule has 1 aromatic heterocycles. The minimum Gasteiger partial charge on any atom is -0.399 e. The largest absolute Gasteiger partial charge is 0.399 e. The molecule has 1 saturated carbocycles. The molecule has 1 aromatic carbocycles. The molecule has 0 saturated heterocycles. The molecule has 0 bridgehead atoms. The van der Waals surface area contributed by atoms with Gasteiger partial charge in [-0.25, -0.2) is 4.98 Å². The van der Waals surface area contributed by atoms with Crippen LogP contribution in [0.25, 0.3) is 0 Å². The second kappa shape index (κ2) is 4.49. The number of rotatable bonds is 3. The fraction of sp³-hybridized carbons (Fsp3) is 0.357. The van der Waals surface area contributed by atoms with Gasteiger partial charge in [0.05, 0.1) is 10.7 Å². The highest BCUT2D eigenvalue weighted by molar-refractivity contribution is 7.09. The fourth-order valence-corrected chi connectivity index (χ4v) is 3.02. The predicted octanol–water partition coefficient (Wildman–Crippen LogP) is 3.58. The second-order valence-electron chi connectivity index (χ2n) is 4.71. The third kappa shape index (κ3) is 2.34. The lowest BCUT2D eigenvalue weighted by Crippen LogP contribution is -2.08. The summed E-state index contributed by atoms with van der Waals surface area (Å²) in [6, 6.07) is 8.07. The molecular weight excluding hydrogens is 228 g/mol. The van der Waals surface area contributed by atoms with E-state index in [9.17, 15) is 0 Å². The summed E-state index contributed by atoms with van der Waals surface area (Å²) in [5, 5.41) is 3.45. The Kier molecular flexibility index (Phi) is 2.85. The van der Waals surface area contributed by atoms with Crippen LogP contribution >= 0.6 is 11.3 Å². The van der Waals surface area contributed by atoms with Crippen molar-refractivity contribution in [3.8, 4) is 0 Å². The number of benzene rings is 1. The van der Waals surface area contributed by atoms with Crippen LogP contribution in [0.2, 0.25) is 0 Å². The Balaban J connectivity index is 1.72. The normalized spacial score (nSPS) is 15.8. The molecule has 2 aromatic rings. The van der Waals surface area contributed by atoms with Crippen molar-refractivity contribution in [3.05, 3.63) is 45.9 Å². The highest BCUT2D eigenvalue weighted by Crippen LogP contribution is 2.36. The molecule has 0 atom stereocenters. The Bertz CT molecular complexity index is 497. The van der Waals surface area contributed by atoms with Crippen LogP contribution in [0.1, 0.15) is 41.4 Å². The minimum atomic E-state index is 0.742. The van der Waals surface area contributed by atoms with Gasteiger partial charge < -0.3 is 5.73 Å². The molecule has 0 amide bonds. The summed E-state index contributed by atoms with van der Waals surface area (Å²) in [4.78, 5) is 4.74. The molecule has 1 fully saturated rings. The average molecular weight is 244 g/mol. The topological polar surface area (TPSA) is 38.9 Å². The summed E-state index contributed by atoms with van der Waals surface area (Å²) in [6.45, 7) is 0. The van der Waals surface area contributed by atoms with E-state index in [1.54, 1.807) is 11.3 Å². The molecule has 3 rings (SSSR count). The van der Waals surface area contributed by atoms with E-state index in [4.69, 9.17) is 10.7 Å². The van der Waals surface area contributed by atoms with Gasteiger partial charge in [0.1, 0.15) is 0 Å². The number of aromatic nitrogens is 1. The van der Waals surface area contributed by atoms with Crippen molar-refractivity contribution < 1.29 is 0 Å². The molecule has 3 heteroatoms. The van der Waals surface area contributed by atoms with E-state index in [2.05, 4.69) is 17.5 Å². The molecule has 88 valence electrons. The first-order chi connectivity index (χ1) is 8.31. The van der Waals surface area contributed by atoms with E-state index >= 15 is 0 Å². The number of nitrogen functional groups attached to an aromatic ring is 1. The zero-order valence-corrected chi connectivity index (χ0v) is 10.5. The average Bonchev–Trinajstić information content (AvgIpc) is 2.67. The second-order valence-corrected chi connectivity index (χ2v) is 5.65. The lowest BCUT2D eigenvalue weighted by molar-refractivity contribution is 0.412. The van der Waals surface area contributed by atoms with Crippen LogP contribution in [-0.4, -0.2) is 4.98 Å².